The Morgan fingerprint density at radius 1 is 1.45 bits per heavy atom. The molecule has 0 aliphatic heterocycles. The molecule has 0 radical (unpaired) electrons. The molecule has 0 unspecified atom stereocenters. The lowest BCUT2D eigenvalue weighted by Gasteiger charge is -2.13. The second-order valence-corrected chi connectivity index (χ2v) is 4.44. The van der Waals surface area contributed by atoms with Crippen LogP contribution in [0.1, 0.15) is 25.6 Å². The van der Waals surface area contributed by atoms with Gasteiger partial charge in [-0.05, 0) is 5.41 Å². The molecule has 0 saturated carbocycles. The van der Waals surface area contributed by atoms with Crippen LogP contribution >= 0.6 is 11.3 Å². The highest BCUT2D eigenvalue weighted by atomic mass is 32.1. The standard InChI is InChI=1S/C8H13NOS/c1-8(2,3)6-5-9-7(10-4)11-6/h5H,1-4H3. The van der Waals surface area contributed by atoms with Gasteiger partial charge < -0.3 is 4.74 Å². The van der Waals surface area contributed by atoms with Gasteiger partial charge in [-0.3, -0.25) is 0 Å². The number of hydrogen-bond donors (Lipinski definition) is 0. The number of ether oxygens (including phenoxy) is 1. The summed E-state index contributed by atoms with van der Waals surface area (Å²) in [6.07, 6.45) is 1.88. The van der Waals surface area contributed by atoms with Crippen LogP contribution in [0.3, 0.4) is 0 Å². The zero-order chi connectivity index (χ0) is 8.48. The maximum Gasteiger partial charge on any atom is 0.273 e. The van der Waals surface area contributed by atoms with Crippen molar-refractivity contribution in [2.45, 2.75) is 26.2 Å². The van der Waals surface area contributed by atoms with Gasteiger partial charge in [0.05, 0.1) is 7.11 Å². The third-order valence-electron chi connectivity index (χ3n) is 1.40. The van der Waals surface area contributed by atoms with Crippen LogP contribution in [0.5, 0.6) is 5.19 Å². The minimum Gasteiger partial charge on any atom is -0.473 e. The molecule has 0 bridgehead atoms. The summed E-state index contributed by atoms with van der Waals surface area (Å²) in [7, 11) is 1.64. The predicted molar refractivity (Wildman–Crippen MR) is 47.4 cm³/mol. The molecule has 62 valence electrons. The van der Waals surface area contributed by atoms with Gasteiger partial charge in [-0.2, -0.15) is 0 Å². The van der Waals surface area contributed by atoms with E-state index in [-0.39, 0.29) is 5.41 Å². The number of rotatable bonds is 1. The second-order valence-electron chi connectivity index (χ2n) is 3.44. The van der Waals surface area contributed by atoms with E-state index in [9.17, 15) is 0 Å². The maximum absolute atomic E-state index is 5.00. The summed E-state index contributed by atoms with van der Waals surface area (Å²) < 4.78 is 5.00. The first-order valence-electron chi connectivity index (χ1n) is 3.54. The number of nitrogens with zero attached hydrogens (tertiary/aromatic N) is 1. The number of methoxy groups -OCH3 is 1. The van der Waals surface area contributed by atoms with Crippen LogP contribution in [0.2, 0.25) is 0 Å². The third-order valence-corrected chi connectivity index (χ3v) is 2.78. The van der Waals surface area contributed by atoms with E-state index >= 15 is 0 Å². The fourth-order valence-corrected chi connectivity index (χ4v) is 1.49. The topological polar surface area (TPSA) is 22.1 Å². The summed E-state index contributed by atoms with van der Waals surface area (Å²) in [6, 6.07) is 0. The van der Waals surface area contributed by atoms with Gasteiger partial charge in [0.25, 0.3) is 5.19 Å². The number of hydrogen-bond acceptors (Lipinski definition) is 3. The molecule has 0 spiro atoms. The molecule has 0 aliphatic rings. The molecule has 11 heavy (non-hydrogen) atoms. The van der Waals surface area contributed by atoms with E-state index in [2.05, 4.69) is 25.8 Å². The van der Waals surface area contributed by atoms with Crippen molar-refractivity contribution in [3.63, 3.8) is 0 Å². The zero-order valence-electron chi connectivity index (χ0n) is 7.34. The lowest BCUT2D eigenvalue weighted by molar-refractivity contribution is 0.412. The fourth-order valence-electron chi connectivity index (χ4n) is 0.699. The quantitative estimate of drug-likeness (QED) is 0.647. The van der Waals surface area contributed by atoms with Gasteiger partial charge in [0, 0.05) is 11.1 Å². The molecular weight excluding hydrogens is 158 g/mol. The van der Waals surface area contributed by atoms with Crippen molar-refractivity contribution in [2.75, 3.05) is 7.11 Å². The Balaban J connectivity index is 2.89. The van der Waals surface area contributed by atoms with Crippen LogP contribution in [-0.2, 0) is 5.41 Å². The summed E-state index contributed by atoms with van der Waals surface area (Å²) in [4.78, 5) is 5.36. The second kappa shape index (κ2) is 2.81. The van der Waals surface area contributed by atoms with Crippen LogP contribution in [0, 0.1) is 0 Å². The van der Waals surface area contributed by atoms with Crippen molar-refractivity contribution in [2.24, 2.45) is 0 Å². The Kier molecular flexibility index (Phi) is 2.18. The Morgan fingerprint density at radius 3 is 2.36 bits per heavy atom. The molecule has 1 aromatic heterocycles. The van der Waals surface area contributed by atoms with Gasteiger partial charge in [-0.15, -0.1) is 0 Å². The first kappa shape index (κ1) is 8.53. The first-order chi connectivity index (χ1) is 5.04. The van der Waals surface area contributed by atoms with Crippen LogP contribution in [0.15, 0.2) is 6.20 Å². The van der Waals surface area contributed by atoms with Gasteiger partial charge in [-0.1, -0.05) is 32.1 Å². The molecule has 0 amide bonds. The van der Waals surface area contributed by atoms with Crippen molar-refractivity contribution >= 4 is 11.3 Å². The Hall–Kier alpha value is -0.570. The van der Waals surface area contributed by atoms with E-state index in [1.165, 1.54) is 4.88 Å². The normalized spacial score (nSPS) is 11.6. The summed E-state index contributed by atoms with van der Waals surface area (Å²) in [5, 5.41) is 0.745. The highest BCUT2D eigenvalue weighted by Gasteiger charge is 2.16. The van der Waals surface area contributed by atoms with Gasteiger partial charge in [-0.25, -0.2) is 4.98 Å². The Bertz CT molecular complexity index is 236. The zero-order valence-corrected chi connectivity index (χ0v) is 8.16. The largest absolute Gasteiger partial charge is 0.473 e. The first-order valence-corrected chi connectivity index (χ1v) is 4.36. The monoisotopic (exact) mass is 171 g/mol. The molecule has 0 aromatic carbocycles. The lowest BCUT2D eigenvalue weighted by atomic mass is 9.96. The van der Waals surface area contributed by atoms with Crippen LogP contribution < -0.4 is 4.74 Å². The Labute approximate surface area is 71.2 Å². The number of thiazole rings is 1. The molecule has 1 aromatic rings. The van der Waals surface area contributed by atoms with E-state index < -0.39 is 0 Å². The van der Waals surface area contributed by atoms with E-state index in [0.717, 1.165) is 5.19 Å². The van der Waals surface area contributed by atoms with E-state index in [4.69, 9.17) is 4.74 Å². The molecule has 1 rings (SSSR count). The van der Waals surface area contributed by atoms with E-state index in [0.29, 0.717) is 0 Å². The predicted octanol–water partition coefficient (Wildman–Crippen LogP) is 2.45. The van der Waals surface area contributed by atoms with Crippen molar-refractivity contribution in [3.8, 4) is 5.19 Å². The molecule has 0 saturated heterocycles. The molecular formula is C8H13NOS. The summed E-state index contributed by atoms with van der Waals surface area (Å²) >= 11 is 1.61. The fraction of sp³-hybridized carbons (Fsp3) is 0.625. The van der Waals surface area contributed by atoms with Crippen molar-refractivity contribution in [1.29, 1.82) is 0 Å². The number of aromatic nitrogens is 1. The van der Waals surface area contributed by atoms with E-state index in [1.54, 1.807) is 18.4 Å². The van der Waals surface area contributed by atoms with Gasteiger partial charge in [0.1, 0.15) is 0 Å². The molecule has 3 heteroatoms. The SMILES string of the molecule is COc1ncc(C(C)(C)C)s1. The highest BCUT2D eigenvalue weighted by molar-refractivity contribution is 7.13. The molecule has 0 fully saturated rings. The summed E-state index contributed by atoms with van der Waals surface area (Å²) in [6.45, 7) is 6.50. The van der Waals surface area contributed by atoms with Gasteiger partial charge in [0.2, 0.25) is 0 Å². The van der Waals surface area contributed by atoms with Crippen LogP contribution in [-0.4, -0.2) is 12.1 Å². The van der Waals surface area contributed by atoms with Crippen LogP contribution in [0.25, 0.3) is 0 Å². The third kappa shape index (κ3) is 1.93. The van der Waals surface area contributed by atoms with Crippen LogP contribution in [0.4, 0.5) is 0 Å². The minimum atomic E-state index is 0.189. The molecule has 0 N–H and O–H groups in total. The minimum absolute atomic E-state index is 0.189. The van der Waals surface area contributed by atoms with Crippen molar-refractivity contribution in [3.05, 3.63) is 11.1 Å². The van der Waals surface area contributed by atoms with E-state index in [1.807, 2.05) is 6.20 Å². The van der Waals surface area contributed by atoms with Crippen molar-refractivity contribution < 1.29 is 4.74 Å². The van der Waals surface area contributed by atoms with Gasteiger partial charge in [0.15, 0.2) is 0 Å². The summed E-state index contributed by atoms with van der Waals surface area (Å²) in [5.41, 5.74) is 0.189. The molecule has 1 heterocycles. The Morgan fingerprint density at radius 2 is 2.09 bits per heavy atom. The smallest absolute Gasteiger partial charge is 0.273 e. The highest BCUT2D eigenvalue weighted by Crippen LogP contribution is 2.30. The lowest BCUT2D eigenvalue weighted by Crippen LogP contribution is -2.07. The average molecular weight is 171 g/mol. The molecule has 0 aliphatic carbocycles. The molecule has 0 atom stereocenters. The van der Waals surface area contributed by atoms with Crippen molar-refractivity contribution in [1.82, 2.24) is 4.98 Å². The molecule has 2 nitrogen and oxygen atoms in total. The average Bonchev–Trinajstić information content (AvgIpc) is 2.32. The summed E-state index contributed by atoms with van der Waals surface area (Å²) in [5.74, 6) is 0. The van der Waals surface area contributed by atoms with Gasteiger partial charge >= 0.3 is 0 Å². The maximum atomic E-state index is 5.00.